The minimum absolute atomic E-state index is 0.144. The first-order chi connectivity index (χ1) is 9.67. The van der Waals surface area contributed by atoms with Crippen molar-refractivity contribution in [2.75, 3.05) is 33.4 Å². The quantitative estimate of drug-likeness (QED) is 0.456. The molecule has 0 atom stereocenters. The van der Waals surface area contributed by atoms with Gasteiger partial charge >= 0.3 is 0 Å². The van der Waals surface area contributed by atoms with Crippen molar-refractivity contribution in [1.29, 1.82) is 0 Å². The summed E-state index contributed by atoms with van der Waals surface area (Å²) in [4.78, 5) is 23.1. The van der Waals surface area contributed by atoms with Gasteiger partial charge in [-0.25, -0.2) is 0 Å². The molecule has 0 fully saturated rings. The topological polar surface area (TPSA) is 124 Å². The first kappa shape index (κ1) is 16.1. The third kappa shape index (κ3) is 5.76. The first-order valence-electron chi connectivity index (χ1n) is 6.31. The molecule has 1 rings (SSSR count). The van der Waals surface area contributed by atoms with Gasteiger partial charge in [-0.2, -0.15) is 0 Å². The summed E-state index contributed by atoms with van der Waals surface area (Å²) >= 11 is 0. The van der Waals surface area contributed by atoms with Gasteiger partial charge in [0.2, 0.25) is 5.91 Å². The number of nitrogens with one attached hydrogen (secondary N) is 2. The number of carbonyl (C=O) groups is 2. The highest BCUT2D eigenvalue weighted by atomic mass is 16.5. The Labute approximate surface area is 116 Å². The van der Waals surface area contributed by atoms with Crippen LogP contribution in [0, 0.1) is 0 Å². The Morgan fingerprint density at radius 1 is 1.40 bits per heavy atom. The first-order valence-corrected chi connectivity index (χ1v) is 6.31. The van der Waals surface area contributed by atoms with E-state index in [4.69, 9.17) is 10.5 Å². The molecule has 1 aromatic rings. The summed E-state index contributed by atoms with van der Waals surface area (Å²) in [5.41, 5.74) is 5.57. The molecule has 112 valence electrons. The summed E-state index contributed by atoms with van der Waals surface area (Å²) in [6.07, 6.45) is 1.72. The molecule has 4 N–H and O–H groups in total. The third-order valence-electron chi connectivity index (χ3n) is 2.40. The van der Waals surface area contributed by atoms with Crippen LogP contribution in [0.15, 0.2) is 6.20 Å². The SMILES string of the molecule is COCCNC(=O)CCNC(=O)c1cn(CCN)nn1. The molecule has 0 bridgehead atoms. The van der Waals surface area contributed by atoms with Gasteiger partial charge in [0, 0.05) is 33.2 Å². The van der Waals surface area contributed by atoms with E-state index in [1.54, 1.807) is 7.11 Å². The predicted molar refractivity (Wildman–Crippen MR) is 70.9 cm³/mol. The van der Waals surface area contributed by atoms with Crippen LogP contribution < -0.4 is 16.4 Å². The van der Waals surface area contributed by atoms with Crippen LogP contribution in [-0.2, 0) is 16.1 Å². The highest BCUT2D eigenvalue weighted by Crippen LogP contribution is 1.92. The second kappa shape index (κ2) is 8.99. The highest BCUT2D eigenvalue weighted by Gasteiger charge is 2.10. The standard InChI is InChI=1S/C11H20N6O3/c1-20-7-5-13-10(18)2-4-14-11(19)9-8-17(6-3-12)16-15-9/h8H,2-7,12H2,1H3,(H,13,18)(H,14,19). The fourth-order valence-corrected chi connectivity index (χ4v) is 1.41. The van der Waals surface area contributed by atoms with Crippen LogP contribution in [0.3, 0.4) is 0 Å². The third-order valence-corrected chi connectivity index (χ3v) is 2.40. The van der Waals surface area contributed by atoms with E-state index in [1.165, 1.54) is 10.9 Å². The van der Waals surface area contributed by atoms with Crippen molar-refractivity contribution in [1.82, 2.24) is 25.6 Å². The van der Waals surface area contributed by atoms with Crippen molar-refractivity contribution in [2.24, 2.45) is 5.73 Å². The summed E-state index contributed by atoms with van der Waals surface area (Å²) in [6.45, 7) is 2.08. The molecule has 1 heterocycles. The minimum Gasteiger partial charge on any atom is -0.383 e. The molecule has 1 aromatic heterocycles. The van der Waals surface area contributed by atoms with Gasteiger partial charge < -0.3 is 21.1 Å². The zero-order valence-corrected chi connectivity index (χ0v) is 11.5. The molecule has 0 radical (unpaired) electrons. The molecule has 2 amide bonds. The molecule has 0 unspecified atom stereocenters. The Morgan fingerprint density at radius 3 is 2.90 bits per heavy atom. The second-order valence-electron chi connectivity index (χ2n) is 4.00. The van der Waals surface area contributed by atoms with Gasteiger partial charge in [-0.3, -0.25) is 14.3 Å². The molecule has 0 aliphatic heterocycles. The van der Waals surface area contributed by atoms with Gasteiger partial charge in [-0.1, -0.05) is 5.21 Å². The molecule has 0 saturated carbocycles. The van der Waals surface area contributed by atoms with Crippen LogP contribution in [0.25, 0.3) is 0 Å². The van der Waals surface area contributed by atoms with E-state index in [2.05, 4.69) is 20.9 Å². The van der Waals surface area contributed by atoms with Gasteiger partial charge in [-0.15, -0.1) is 5.10 Å². The zero-order chi connectivity index (χ0) is 14.8. The van der Waals surface area contributed by atoms with Gasteiger partial charge in [-0.05, 0) is 0 Å². The summed E-state index contributed by atoms with van der Waals surface area (Å²) in [7, 11) is 1.56. The van der Waals surface area contributed by atoms with Gasteiger partial charge in [0.1, 0.15) is 0 Å². The number of rotatable bonds is 9. The maximum absolute atomic E-state index is 11.7. The zero-order valence-electron chi connectivity index (χ0n) is 11.5. The second-order valence-corrected chi connectivity index (χ2v) is 4.00. The number of aromatic nitrogens is 3. The van der Waals surface area contributed by atoms with Crippen LogP contribution >= 0.6 is 0 Å². The van der Waals surface area contributed by atoms with Crippen molar-refractivity contribution in [2.45, 2.75) is 13.0 Å². The summed E-state index contributed by atoms with van der Waals surface area (Å²) in [6, 6.07) is 0. The van der Waals surface area contributed by atoms with E-state index in [-0.39, 0.29) is 30.5 Å². The molecular formula is C11H20N6O3. The van der Waals surface area contributed by atoms with Gasteiger partial charge in [0.05, 0.1) is 19.3 Å². The smallest absolute Gasteiger partial charge is 0.273 e. The number of hydrogen-bond acceptors (Lipinski definition) is 6. The van der Waals surface area contributed by atoms with Crippen LogP contribution in [0.5, 0.6) is 0 Å². The van der Waals surface area contributed by atoms with Crippen molar-refractivity contribution in [3.63, 3.8) is 0 Å². The van der Waals surface area contributed by atoms with E-state index in [1.807, 2.05) is 0 Å². The Kier molecular flexibility index (Phi) is 7.22. The lowest BCUT2D eigenvalue weighted by molar-refractivity contribution is -0.121. The van der Waals surface area contributed by atoms with E-state index in [0.717, 1.165) is 0 Å². The Hall–Kier alpha value is -2.00. The molecule has 0 spiro atoms. The van der Waals surface area contributed by atoms with Crippen molar-refractivity contribution in [3.05, 3.63) is 11.9 Å². The molecule has 0 aliphatic carbocycles. The molecule has 20 heavy (non-hydrogen) atoms. The number of methoxy groups -OCH3 is 1. The minimum atomic E-state index is -0.363. The number of carbonyl (C=O) groups excluding carboxylic acids is 2. The Morgan fingerprint density at radius 2 is 2.20 bits per heavy atom. The number of ether oxygens (including phenoxy) is 1. The number of amides is 2. The maximum atomic E-state index is 11.7. The fraction of sp³-hybridized carbons (Fsp3) is 0.636. The van der Waals surface area contributed by atoms with Crippen LogP contribution in [0.2, 0.25) is 0 Å². The molecule has 0 saturated heterocycles. The number of nitrogens with zero attached hydrogens (tertiary/aromatic N) is 3. The van der Waals surface area contributed by atoms with Crippen LogP contribution in [0.1, 0.15) is 16.9 Å². The van der Waals surface area contributed by atoms with E-state index < -0.39 is 0 Å². The lowest BCUT2D eigenvalue weighted by Gasteiger charge is -2.05. The fourth-order valence-electron chi connectivity index (χ4n) is 1.41. The predicted octanol–water partition coefficient (Wildman–Crippen LogP) is -1.88. The summed E-state index contributed by atoms with van der Waals surface area (Å²) < 4.78 is 6.30. The van der Waals surface area contributed by atoms with Crippen LogP contribution in [-0.4, -0.2) is 60.2 Å². The van der Waals surface area contributed by atoms with Crippen LogP contribution in [0.4, 0.5) is 0 Å². The molecule has 0 aliphatic rings. The normalized spacial score (nSPS) is 10.3. The maximum Gasteiger partial charge on any atom is 0.273 e. The molecule has 9 heteroatoms. The van der Waals surface area contributed by atoms with Crippen molar-refractivity contribution >= 4 is 11.8 Å². The largest absolute Gasteiger partial charge is 0.383 e. The number of hydrogen-bond donors (Lipinski definition) is 3. The average Bonchev–Trinajstić information content (AvgIpc) is 2.88. The van der Waals surface area contributed by atoms with E-state index in [0.29, 0.717) is 26.2 Å². The molecule has 9 nitrogen and oxygen atoms in total. The highest BCUT2D eigenvalue weighted by molar-refractivity contribution is 5.92. The lowest BCUT2D eigenvalue weighted by Crippen LogP contribution is -2.32. The van der Waals surface area contributed by atoms with Gasteiger partial charge in [0.25, 0.3) is 5.91 Å². The van der Waals surface area contributed by atoms with Gasteiger partial charge in [0.15, 0.2) is 5.69 Å². The molecular weight excluding hydrogens is 264 g/mol. The summed E-state index contributed by atoms with van der Waals surface area (Å²) in [5.74, 6) is -0.507. The monoisotopic (exact) mass is 284 g/mol. The van der Waals surface area contributed by atoms with E-state index >= 15 is 0 Å². The van der Waals surface area contributed by atoms with Crippen molar-refractivity contribution in [3.8, 4) is 0 Å². The summed E-state index contributed by atoms with van der Waals surface area (Å²) in [5, 5.41) is 12.7. The number of nitrogens with two attached hydrogens (primary N) is 1. The Bertz CT molecular complexity index is 434. The average molecular weight is 284 g/mol. The van der Waals surface area contributed by atoms with E-state index in [9.17, 15) is 9.59 Å². The Balaban J connectivity index is 2.23. The lowest BCUT2D eigenvalue weighted by atomic mass is 10.3. The molecule has 0 aromatic carbocycles. The van der Waals surface area contributed by atoms with Crippen molar-refractivity contribution < 1.29 is 14.3 Å².